The first-order valence-electron chi connectivity index (χ1n) is 16.2. The molecule has 0 radical (unpaired) electrons. The summed E-state index contributed by atoms with van der Waals surface area (Å²) in [6, 6.07) is 18.7. The number of rotatable bonds is 6. The lowest BCUT2D eigenvalue weighted by Crippen LogP contribution is -2.52. The SMILES string of the molecule is Cc1ccccc1N1CCN(c2ccccc2C)C1[P+](C1CCCCC1)(C1CCCCC1)C1CCCCC1. The molecule has 6 rings (SSSR count). The van der Waals surface area contributed by atoms with E-state index in [0.717, 1.165) is 17.0 Å². The van der Waals surface area contributed by atoms with E-state index in [1.54, 1.807) is 0 Å². The molecule has 4 aliphatic rings. The maximum Gasteiger partial charge on any atom is 0.216 e. The zero-order valence-electron chi connectivity index (χ0n) is 24.3. The van der Waals surface area contributed by atoms with Crippen LogP contribution in [0.15, 0.2) is 48.5 Å². The van der Waals surface area contributed by atoms with Gasteiger partial charge in [0.2, 0.25) is 5.91 Å². The number of aryl methyl sites for hydroxylation is 2. The van der Waals surface area contributed by atoms with Crippen LogP contribution < -0.4 is 9.80 Å². The van der Waals surface area contributed by atoms with Gasteiger partial charge in [0.25, 0.3) is 0 Å². The first-order chi connectivity index (χ1) is 18.7. The summed E-state index contributed by atoms with van der Waals surface area (Å²) in [7, 11) is -1.40. The molecule has 3 saturated carbocycles. The molecule has 0 unspecified atom stereocenters. The Labute approximate surface area is 233 Å². The molecule has 1 heterocycles. The molecule has 206 valence electrons. The second kappa shape index (κ2) is 11.9. The van der Waals surface area contributed by atoms with Crippen LogP contribution in [0.2, 0.25) is 0 Å². The maximum atomic E-state index is 2.99. The predicted octanol–water partition coefficient (Wildman–Crippen LogP) is 9.93. The molecule has 0 amide bonds. The highest BCUT2D eigenvalue weighted by molar-refractivity contribution is 7.78. The zero-order valence-corrected chi connectivity index (χ0v) is 25.2. The van der Waals surface area contributed by atoms with Gasteiger partial charge in [-0.1, -0.05) is 55.7 Å². The van der Waals surface area contributed by atoms with Crippen LogP contribution in [-0.2, 0) is 0 Å². The number of anilines is 2. The van der Waals surface area contributed by atoms with Crippen molar-refractivity contribution in [2.24, 2.45) is 0 Å². The number of nitrogens with zero attached hydrogens (tertiary/aromatic N) is 2. The van der Waals surface area contributed by atoms with Crippen molar-refractivity contribution in [2.45, 2.75) is 133 Å². The van der Waals surface area contributed by atoms with Crippen LogP contribution in [0.25, 0.3) is 0 Å². The Morgan fingerprint density at radius 2 is 0.842 bits per heavy atom. The summed E-state index contributed by atoms with van der Waals surface area (Å²) >= 11 is 0. The number of hydrogen-bond acceptors (Lipinski definition) is 2. The molecule has 2 nitrogen and oxygen atoms in total. The van der Waals surface area contributed by atoms with Gasteiger partial charge in [-0.15, -0.1) is 0 Å². The lowest BCUT2D eigenvalue weighted by atomic mass is 9.99. The molecular formula is C35H52N2P+. The van der Waals surface area contributed by atoms with E-state index in [-0.39, 0.29) is 0 Å². The summed E-state index contributed by atoms with van der Waals surface area (Å²) in [4.78, 5) is 5.99. The molecule has 0 spiro atoms. The highest BCUT2D eigenvalue weighted by Gasteiger charge is 2.66. The first kappa shape index (κ1) is 26.7. The van der Waals surface area contributed by atoms with E-state index < -0.39 is 7.26 Å². The normalized spacial score (nSPS) is 23.3. The van der Waals surface area contributed by atoms with Gasteiger partial charge in [0, 0.05) is 24.5 Å². The molecule has 3 heteroatoms. The van der Waals surface area contributed by atoms with Crippen molar-refractivity contribution < 1.29 is 0 Å². The van der Waals surface area contributed by atoms with Crippen LogP contribution in [0.3, 0.4) is 0 Å². The summed E-state index contributed by atoms with van der Waals surface area (Å²) in [5.41, 5.74) is 8.92. The van der Waals surface area contributed by atoms with Crippen LogP contribution in [0.4, 0.5) is 11.4 Å². The van der Waals surface area contributed by atoms with Gasteiger partial charge >= 0.3 is 0 Å². The van der Waals surface area contributed by atoms with Crippen molar-refractivity contribution in [2.75, 3.05) is 22.9 Å². The van der Waals surface area contributed by atoms with Crippen molar-refractivity contribution in [3.05, 3.63) is 59.7 Å². The van der Waals surface area contributed by atoms with E-state index >= 15 is 0 Å². The molecule has 2 aromatic carbocycles. The van der Waals surface area contributed by atoms with Gasteiger partial charge in [-0.05, 0) is 114 Å². The predicted molar refractivity (Wildman–Crippen MR) is 168 cm³/mol. The molecule has 2 aromatic rings. The minimum absolute atomic E-state index is 0.582. The van der Waals surface area contributed by atoms with Gasteiger partial charge < -0.3 is 9.80 Å². The summed E-state index contributed by atoms with van der Waals surface area (Å²) < 4.78 is 0. The smallest absolute Gasteiger partial charge is 0.216 e. The third-order valence-electron chi connectivity index (χ3n) is 11.0. The minimum atomic E-state index is -1.40. The quantitative estimate of drug-likeness (QED) is 0.342. The van der Waals surface area contributed by atoms with Gasteiger partial charge in [0.15, 0.2) is 0 Å². The lowest BCUT2D eigenvalue weighted by Gasteiger charge is -2.55. The zero-order chi connectivity index (χ0) is 26.0. The highest BCUT2D eigenvalue weighted by Crippen LogP contribution is 2.81. The lowest BCUT2D eigenvalue weighted by molar-refractivity contribution is 0.444. The molecule has 3 aliphatic carbocycles. The Bertz CT molecular complexity index is 948. The maximum absolute atomic E-state index is 2.99. The van der Waals surface area contributed by atoms with E-state index in [1.807, 2.05) is 0 Å². The van der Waals surface area contributed by atoms with Crippen LogP contribution in [0.5, 0.6) is 0 Å². The van der Waals surface area contributed by atoms with Crippen LogP contribution in [-0.4, -0.2) is 36.0 Å². The summed E-state index contributed by atoms with van der Waals surface area (Å²) in [6.45, 7) is 7.09. The molecule has 0 atom stereocenters. The third kappa shape index (κ3) is 4.82. The van der Waals surface area contributed by atoms with E-state index in [4.69, 9.17) is 0 Å². The summed E-state index contributed by atoms with van der Waals surface area (Å²) in [5.74, 6) is 0.582. The molecule has 0 bridgehead atoms. The van der Waals surface area contributed by atoms with Gasteiger partial charge in [0.1, 0.15) is 0 Å². The Kier molecular flexibility index (Phi) is 8.37. The molecule has 0 N–H and O–H groups in total. The third-order valence-corrected chi connectivity index (χ3v) is 17.7. The molecule has 4 fully saturated rings. The molecule has 1 saturated heterocycles. The first-order valence-corrected chi connectivity index (χ1v) is 18.3. The number of hydrogen-bond donors (Lipinski definition) is 0. The molecule has 1 aliphatic heterocycles. The van der Waals surface area contributed by atoms with Gasteiger partial charge in [-0.3, -0.25) is 0 Å². The van der Waals surface area contributed by atoms with Gasteiger partial charge in [-0.25, -0.2) is 0 Å². The van der Waals surface area contributed by atoms with Crippen LogP contribution in [0.1, 0.15) is 107 Å². The highest BCUT2D eigenvalue weighted by atomic mass is 31.2. The molecular weight excluding hydrogens is 479 g/mol. The fourth-order valence-corrected chi connectivity index (χ4v) is 17.5. The topological polar surface area (TPSA) is 6.48 Å². The molecule has 0 aromatic heterocycles. The summed E-state index contributed by atoms with van der Waals surface area (Å²) in [6.07, 6.45) is 22.4. The van der Waals surface area contributed by atoms with Gasteiger partial charge in [-0.2, -0.15) is 0 Å². The fourth-order valence-electron chi connectivity index (χ4n) is 9.40. The van der Waals surface area contributed by atoms with Crippen molar-refractivity contribution in [3.8, 4) is 0 Å². The van der Waals surface area contributed by atoms with E-state index in [1.165, 1.54) is 132 Å². The Balaban J connectivity index is 1.58. The standard InChI is InChI=1S/C35H52N2P/c1-28-16-12-14-24-33(28)36-26-27-37(34-25-15-13-17-29(34)2)35(36)38(30-18-6-3-7-19-30,31-20-8-4-9-21-31)32-22-10-5-11-23-32/h12-17,24-25,30-32,35H,3-11,18-23,26-27H2,1-2H3/q+1. The fraction of sp³-hybridized carbons (Fsp3) is 0.657. The Morgan fingerprint density at radius 1 is 0.500 bits per heavy atom. The Hall–Kier alpha value is -1.53. The second-order valence-corrected chi connectivity index (χ2v) is 17.5. The van der Waals surface area contributed by atoms with E-state index in [2.05, 4.69) is 72.2 Å². The van der Waals surface area contributed by atoms with Crippen molar-refractivity contribution in [1.29, 1.82) is 0 Å². The number of benzene rings is 2. The van der Waals surface area contributed by atoms with Crippen molar-refractivity contribution in [3.63, 3.8) is 0 Å². The van der Waals surface area contributed by atoms with Crippen LogP contribution in [0, 0.1) is 13.8 Å². The van der Waals surface area contributed by atoms with E-state index in [0.29, 0.717) is 5.91 Å². The number of para-hydroxylation sites is 2. The minimum Gasteiger partial charge on any atom is -0.318 e. The largest absolute Gasteiger partial charge is 0.318 e. The van der Waals surface area contributed by atoms with Crippen molar-refractivity contribution >= 4 is 18.6 Å². The summed E-state index contributed by atoms with van der Waals surface area (Å²) in [5, 5.41) is 0. The monoisotopic (exact) mass is 531 g/mol. The second-order valence-electron chi connectivity index (χ2n) is 13.1. The Morgan fingerprint density at radius 3 is 1.18 bits per heavy atom. The average Bonchev–Trinajstić information content (AvgIpc) is 3.40. The van der Waals surface area contributed by atoms with Crippen LogP contribution >= 0.6 is 7.26 Å². The van der Waals surface area contributed by atoms with Crippen molar-refractivity contribution in [1.82, 2.24) is 0 Å². The van der Waals surface area contributed by atoms with Gasteiger partial charge in [0.05, 0.1) is 24.2 Å². The average molecular weight is 532 g/mol. The molecule has 38 heavy (non-hydrogen) atoms. The van der Waals surface area contributed by atoms with E-state index in [9.17, 15) is 0 Å².